The summed E-state index contributed by atoms with van der Waals surface area (Å²) in [5.41, 5.74) is 9.42. The predicted octanol–water partition coefficient (Wildman–Crippen LogP) is 7.81. The Kier molecular flexibility index (Phi) is 7.86. The molecule has 214 valence electrons. The quantitative estimate of drug-likeness (QED) is 0.131. The van der Waals surface area contributed by atoms with Gasteiger partial charge in [0.2, 0.25) is 0 Å². The van der Waals surface area contributed by atoms with Crippen LogP contribution >= 0.6 is 0 Å². The molecule has 0 aliphatic heterocycles. The van der Waals surface area contributed by atoms with E-state index in [9.17, 15) is 25.5 Å². The van der Waals surface area contributed by atoms with Gasteiger partial charge in [0.25, 0.3) is 0 Å². The molecule has 0 unspecified atom stereocenters. The van der Waals surface area contributed by atoms with Crippen molar-refractivity contribution < 1.29 is 25.5 Å². The number of aryl methyl sites for hydroxylation is 4. The molecule has 0 bridgehead atoms. The zero-order valence-electron chi connectivity index (χ0n) is 24.3. The summed E-state index contributed by atoms with van der Waals surface area (Å²) in [5, 5.41) is 52.3. The Balaban J connectivity index is 1.74. The molecular formula is C37H36O5. The van der Waals surface area contributed by atoms with Crippen LogP contribution in [0.15, 0.2) is 84.9 Å². The third kappa shape index (κ3) is 5.91. The highest BCUT2D eigenvalue weighted by molar-refractivity contribution is 5.57. The van der Waals surface area contributed by atoms with E-state index in [1.165, 1.54) is 0 Å². The normalized spacial score (nSPS) is 11.3. The molecule has 0 spiro atoms. The maximum Gasteiger partial charge on any atom is 0.122 e. The molecule has 0 aliphatic rings. The molecule has 5 heteroatoms. The van der Waals surface area contributed by atoms with Gasteiger partial charge in [0.1, 0.15) is 28.7 Å². The van der Waals surface area contributed by atoms with Gasteiger partial charge in [-0.3, -0.25) is 0 Å². The molecule has 0 amide bonds. The van der Waals surface area contributed by atoms with Crippen LogP contribution in [-0.4, -0.2) is 25.5 Å². The molecule has 42 heavy (non-hydrogen) atoms. The minimum atomic E-state index is -0.251. The van der Waals surface area contributed by atoms with E-state index in [0.29, 0.717) is 12.8 Å². The van der Waals surface area contributed by atoms with Crippen LogP contribution in [-0.2, 0) is 12.8 Å². The molecule has 0 fully saturated rings. The van der Waals surface area contributed by atoms with E-state index in [1.807, 2.05) is 88.4 Å². The van der Waals surface area contributed by atoms with Crippen molar-refractivity contribution in [1.29, 1.82) is 0 Å². The highest BCUT2D eigenvalue weighted by Gasteiger charge is 2.23. The van der Waals surface area contributed by atoms with Gasteiger partial charge in [-0.05, 0) is 113 Å². The third-order valence-corrected chi connectivity index (χ3v) is 7.98. The van der Waals surface area contributed by atoms with Gasteiger partial charge in [0.15, 0.2) is 0 Å². The first-order chi connectivity index (χ1) is 20.0. The maximum absolute atomic E-state index is 11.6. The Hall–Kier alpha value is -4.90. The minimum Gasteiger partial charge on any atom is -0.508 e. The molecule has 0 heterocycles. The van der Waals surface area contributed by atoms with E-state index in [-0.39, 0.29) is 34.7 Å². The fraction of sp³-hybridized carbons (Fsp3) is 0.189. The third-order valence-electron chi connectivity index (χ3n) is 7.98. The van der Waals surface area contributed by atoms with E-state index < -0.39 is 0 Å². The van der Waals surface area contributed by atoms with Crippen LogP contribution in [0.25, 0.3) is 0 Å². The summed E-state index contributed by atoms with van der Waals surface area (Å²) >= 11 is 0. The summed E-state index contributed by atoms with van der Waals surface area (Å²) in [7, 11) is 0. The number of benzene rings is 5. The van der Waals surface area contributed by atoms with Gasteiger partial charge in [-0.15, -0.1) is 0 Å². The fourth-order valence-corrected chi connectivity index (χ4v) is 5.78. The molecule has 5 nitrogen and oxygen atoms in total. The number of hydrogen-bond acceptors (Lipinski definition) is 5. The van der Waals surface area contributed by atoms with Crippen molar-refractivity contribution in [1.82, 2.24) is 0 Å². The molecule has 5 aromatic carbocycles. The summed E-state index contributed by atoms with van der Waals surface area (Å²) < 4.78 is 0. The average Bonchev–Trinajstić information content (AvgIpc) is 2.95. The zero-order chi connectivity index (χ0) is 30.1. The monoisotopic (exact) mass is 560 g/mol. The van der Waals surface area contributed by atoms with E-state index >= 15 is 0 Å². The molecule has 5 N–H and O–H groups in total. The molecule has 5 aromatic rings. The summed E-state index contributed by atoms with van der Waals surface area (Å²) in [6.45, 7) is 7.55. The maximum atomic E-state index is 11.6. The number of phenolic OH excluding ortho intramolecular Hbond substituents is 5. The van der Waals surface area contributed by atoms with Crippen LogP contribution in [0.2, 0.25) is 0 Å². The molecule has 0 radical (unpaired) electrons. The van der Waals surface area contributed by atoms with E-state index in [4.69, 9.17) is 0 Å². The summed E-state index contributed by atoms with van der Waals surface area (Å²) in [6, 6.07) is 26.0. The number of rotatable bonds is 7. The number of phenols is 5. The summed E-state index contributed by atoms with van der Waals surface area (Å²) in [4.78, 5) is 0. The lowest BCUT2D eigenvalue weighted by atomic mass is 9.80. The van der Waals surface area contributed by atoms with Gasteiger partial charge in [-0.2, -0.15) is 0 Å². The first-order valence-corrected chi connectivity index (χ1v) is 14.0. The first kappa shape index (κ1) is 28.6. The van der Waals surface area contributed by atoms with Crippen LogP contribution in [0.1, 0.15) is 67.1 Å². The fourth-order valence-electron chi connectivity index (χ4n) is 5.78. The van der Waals surface area contributed by atoms with E-state index in [1.54, 1.807) is 24.3 Å². The Morgan fingerprint density at radius 1 is 0.429 bits per heavy atom. The lowest BCUT2D eigenvalue weighted by Crippen LogP contribution is -2.08. The lowest BCUT2D eigenvalue weighted by Gasteiger charge is -2.24. The average molecular weight is 561 g/mol. The summed E-state index contributed by atoms with van der Waals surface area (Å²) in [5.74, 6) is 0.847. The van der Waals surface area contributed by atoms with Crippen molar-refractivity contribution in [2.75, 3.05) is 0 Å². The van der Waals surface area contributed by atoms with Crippen molar-refractivity contribution in [3.8, 4) is 28.7 Å². The van der Waals surface area contributed by atoms with E-state index in [0.717, 1.165) is 61.2 Å². The van der Waals surface area contributed by atoms with Gasteiger partial charge >= 0.3 is 0 Å². The lowest BCUT2D eigenvalue weighted by molar-refractivity contribution is 0.463. The topological polar surface area (TPSA) is 101 Å². The van der Waals surface area contributed by atoms with Crippen molar-refractivity contribution in [2.24, 2.45) is 0 Å². The molecule has 0 saturated carbocycles. The molecule has 0 aliphatic carbocycles. The Bertz CT molecular complexity index is 1580. The smallest absolute Gasteiger partial charge is 0.122 e. The van der Waals surface area contributed by atoms with Crippen molar-refractivity contribution in [3.63, 3.8) is 0 Å². The van der Waals surface area contributed by atoms with Crippen LogP contribution < -0.4 is 0 Å². The van der Waals surface area contributed by atoms with Crippen molar-refractivity contribution in [2.45, 2.75) is 46.5 Å². The van der Waals surface area contributed by atoms with Crippen LogP contribution in [0.4, 0.5) is 0 Å². The molecule has 0 atom stereocenters. The second kappa shape index (κ2) is 11.5. The Labute approximate surface area is 246 Å². The van der Waals surface area contributed by atoms with Crippen LogP contribution in [0, 0.1) is 27.7 Å². The number of hydrogen-bond donors (Lipinski definition) is 5. The highest BCUT2D eigenvalue weighted by Crippen LogP contribution is 2.41. The SMILES string of the molecule is Cc1cc(C(c2cc(C)c(O)c(C)c2)c2cc(Cc3ccc(O)cc3)c(O)c(Cc3ccc(O)cc3)c2)cc(C)c1O. The van der Waals surface area contributed by atoms with E-state index in [2.05, 4.69) is 0 Å². The van der Waals surface area contributed by atoms with Gasteiger partial charge in [-0.1, -0.05) is 60.7 Å². The predicted molar refractivity (Wildman–Crippen MR) is 166 cm³/mol. The van der Waals surface area contributed by atoms with Gasteiger partial charge < -0.3 is 25.5 Å². The zero-order valence-corrected chi connectivity index (χ0v) is 24.3. The van der Waals surface area contributed by atoms with Gasteiger partial charge in [-0.25, -0.2) is 0 Å². The largest absolute Gasteiger partial charge is 0.508 e. The minimum absolute atomic E-state index is 0.181. The standard InChI is InChI=1S/C37H36O5/c1-21-13-27(14-22(2)35(21)40)34(28-15-23(3)36(41)24(4)16-28)29-19-30(17-25-5-9-32(38)10-6-25)37(42)31(20-29)18-26-7-11-33(39)12-8-26/h5-16,19-20,34,38-42H,17-18H2,1-4H3. The van der Waals surface area contributed by atoms with Crippen molar-refractivity contribution >= 4 is 0 Å². The Morgan fingerprint density at radius 2 is 0.738 bits per heavy atom. The molecular weight excluding hydrogens is 524 g/mol. The highest BCUT2D eigenvalue weighted by atomic mass is 16.3. The van der Waals surface area contributed by atoms with Gasteiger partial charge in [0.05, 0.1) is 0 Å². The second-order valence-corrected chi connectivity index (χ2v) is 11.3. The molecule has 5 rings (SSSR count). The first-order valence-electron chi connectivity index (χ1n) is 14.0. The summed E-state index contributed by atoms with van der Waals surface area (Å²) in [6.07, 6.45) is 0.910. The van der Waals surface area contributed by atoms with Crippen LogP contribution in [0.5, 0.6) is 28.7 Å². The Morgan fingerprint density at radius 3 is 1.07 bits per heavy atom. The number of aromatic hydroxyl groups is 5. The van der Waals surface area contributed by atoms with Gasteiger partial charge in [0, 0.05) is 18.8 Å². The van der Waals surface area contributed by atoms with Crippen molar-refractivity contribution in [3.05, 3.63) is 146 Å². The second-order valence-electron chi connectivity index (χ2n) is 11.3. The molecule has 0 saturated heterocycles. The van der Waals surface area contributed by atoms with Crippen LogP contribution in [0.3, 0.4) is 0 Å². The molecule has 0 aromatic heterocycles.